The molecule has 0 bridgehead atoms. The Hall–Kier alpha value is -2.25. The zero-order valence-electron chi connectivity index (χ0n) is 18.0. The first-order valence-corrected chi connectivity index (χ1v) is 12.0. The molecule has 2 aromatic carbocycles. The number of benzene rings is 2. The van der Waals surface area contributed by atoms with Gasteiger partial charge in [-0.15, -0.1) is 0 Å². The molecular formula is C22H29ClN2O4S. The first-order chi connectivity index (χ1) is 14.0. The van der Waals surface area contributed by atoms with Gasteiger partial charge in [-0.25, -0.2) is 8.42 Å². The number of rotatable bonds is 9. The van der Waals surface area contributed by atoms with Gasteiger partial charge in [-0.1, -0.05) is 36.7 Å². The number of hydrogen-bond acceptors (Lipinski definition) is 4. The molecule has 0 aromatic heterocycles. The molecule has 30 heavy (non-hydrogen) atoms. The lowest BCUT2D eigenvalue weighted by Gasteiger charge is -2.31. The summed E-state index contributed by atoms with van der Waals surface area (Å²) in [6.07, 6.45) is 1.40. The van der Waals surface area contributed by atoms with E-state index in [2.05, 4.69) is 5.32 Å². The molecule has 1 atom stereocenters. The SMILES string of the molecule is CC[C@H](C(=O)NCCOc1cc(C)ccc1C)N(c1cc(Cl)ccc1C)S(C)(=O)=O. The summed E-state index contributed by atoms with van der Waals surface area (Å²) in [4.78, 5) is 12.9. The Morgan fingerprint density at radius 1 is 1.13 bits per heavy atom. The van der Waals surface area contributed by atoms with E-state index in [1.165, 1.54) is 0 Å². The smallest absolute Gasteiger partial charge is 0.244 e. The van der Waals surface area contributed by atoms with Crippen LogP contribution < -0.4 is 14.4 Å². The van der Waals surface area contributed by atoms with Gasteiger partial charge in [0.1, 0.15) is 18.4 Å². The van der Waals surface area contributed by atoms with Gasteiger partial charge in [-0.2, -0.15) is 0 Å². The van der Waals surface area contributed by atoms with Crippen molar-refractivity contribution in [1.29, 1.82) is 0 Å². The van der Waals surface area contributed by atoms with E-state index in [1.807, 2.05) is 32.0 Å². The average Bonchev–Trinajstić information content (AvgIpc) is 2.66. The van der Waals surface area contributed by atoms with Crippen LogP contribution in [0.2, 0.25) is 5.02 Å². The number of carbonyl (C=O) groups is 1. The summed E-state index contributed by atoms with van der Waals surface area (Å²) in [5.41, 5.74) is 3.22. The Morgan fingerprint density at radius 3 is 2.43 bits per heavy atom. The molecule has 2 aromatic rings. The van der Waals surface area contributed by atoms with Gasteiger partial charge >= 0.3 is 0 Å². The van der Waals surface area contributed by atoms with Gasteiger partial charge in [0.05, 0.1) is 18.5 Å². The van der Waals surface area contributed by atoms with Gasteiger partial charge < -0.3 is 10.1 Å². The molecule has 0 aliphatic carbocycles. The molecule has 0 aliphatic rings. The highest BCUT2D eigenvalue weighted by atomic mass is 35.5. The summed E-state index contributed by atoms with van der Waals surface area (Å²) >= 11 is 6.08. The number of anilines is 1. The maximum absolute atomic E-state index is 12.9. The molecule has 0 spiro atoms. The monoisotopic (exact) mass is 452 g/mol. The highest BCUT2D eigenvalue weighted by Crippen LogP contribution is 2.29. The maximum atomic E-state index is 12.9. The first-order valence-electron chi connectivity index (χ1n) is 9.78. The fraction of sp³-hybridized carbons (Fsp3) is 0.409. The Bertz CT molecular complexity index is 1010. The largest absolute Gasteiger partial charge is 0.491 e. The Labute approximate surface area is 184 Å². The average molecular weight is 453 g/mol. The van der Waals surface area contributed by atoms with Gasteiger partial charge in [-0.3, -0.25) is 9.10 Å². The van der Waals surface area contributed by atoms with Gasteiger partial charge in [0.2, 0.25) is 15.9 Å². The third-order valence-electron chi connectivity index (χ3n) is 4.74. The molecule has 0 unspecified atom stereocenters. The van der Waals surface area contributed by atoms with E-state index in [4.69, 9.17) is 16.3 Å². The summed E-state index contributed by atoms with van der Waals surface area (Å²) in [6, 6.07) is 10.0. The van der Waals surface area contributed by atoms with Crippen LogP contribution >= 0.6 is 11.6 Å². The summed E-state index contributed by atoms with van der Waals surface area (Å²) in [6.45, 7) is 8.03. The first kappa shape index (κ1) is 24.0. The van der Waals surface area contributed by atoms with Crippen molar-refractivity contribution in [3.63, 3.8) is 0 Å². The Kier molecular flexibility index (Phi) is 8.15. The fourth-order valence-electron chi connectivity index (χ4n) is 3.17. The number of ether oxygens (including phenoxy) is 1. The molecule has 164 valence electrons. The zero-order chi connectivity index (χ0) is 22.5. The number of carbonyl (C=O) groups excluding carboxylic acids is 1. The number of sulfonamides is 1. The lowest BCUT2D eigenvalue weighted by atomic mass is 10.1. The van der Waals surface area contributed by atoms with E-state index in [1.54, 1.807) is 32.0 Å². The van der Waals surface area contributed by atoms with Crippen molar-refractivity contribution in [3.8, 4) is 5.75 Å². The predicted molar refractivity (Wildman–Crippen MR) is 122 cm³/mol. The van der Waals surface area contributed by atoms with Crippen molar-refractivity contribution < 1.29 is 17.9 Å². The molecule has 0 radical (unpaired) electrons. The summed E-state index contributed by atoms with van der Waals surface area (Å²) < 4.78 is 32.0. The molecule has 0 fully saturated rings. The molecule has 0 saturated carbocycles. The Balaban J connectivity index is 2.12. The third kappa shape index (κ3) is 6.12. The van der Waals surface area contributed by atoms with Gasteiger partial charge in [0.15, 0.2) is 0 Å². The molecule has 1 N–H and O–H groups in total. The van der Waals surface area contributed by atoms with E-state index in [0.717, 1.165) is 27.4 Å². The van der Waals surface area contributed by atoms with Crippen LogP contribution in [0.5, 0.6) is 5.75 Å². The minimum Gasteiger partial charge on any atom is -0.491 e. The number of hydrogen-bond donors (Lipinski definition) is 1. The fourth-order valence-corrected chi connectivity index (χ4v) is 4.60. The number of aryl methyl sites for hydroxylation is 3. The van der Waals surface area contributed by atoms with Crippen LogP contribution in [0.25, 0.3) is 0 Å². The van der Waals surface area contributed by atoms with Crippen molar-refractivity contribution in [3.05, 3.63) is 58.1 Å². The second-order valence-corrected chi connectivity index (χ2v) is 9.62. The second-order valence-electron chi connectivity index (χ2n) is 7.32. The Morgan fingerprint density at radius 2 is 1.80 bits per heavy atom. The van der Waals surface area contributed by atoms with Crippen LogP contribution in [0.4, 0.5) is 5.69 Å². The number of nitrogens with one attached hydrogen (secondary N) is 1. The molecule has 2 rings (SSSR count). The van der Waals surface area contributed by atoms with E-state index in [9.17, 15) is 13.2 Å². The minimum atomic E-state index is -3.71. The van der Waals surface area contributed by atoms with E-state index < -0.39 is 16.1 Å². The normalized spacial score (nSPS) is 12.3. The quantitative estimate of drug-likeness (QED) is 0.583. The predicted octanol–water partition coefficient (Wildman–Crippen LogP) is 4.01. The molecule has 1 amide bonds. The highest BCUT2D eigenvalue weighted by Gasteiger charge is 2.32. The zero-order valence-corrected chi connectivity index (χ0v) is 19.6. The molecule has 0 heterocycles. The van der Waals surface area contributed by atoms with Gasteiger partial charge in [0.25, 0.3) is 0 Å². The minimum absolute atomic E-state index is 0.259. The van der Waals surface area contributed by atoms with E-state index in [0.29, 0.717) is 22.7 Å². The van der Waals surface area contributed by atoms with Crippen molar-refractivity contribution in [2.45, 2.75) is 40.2 Å². The van der Waals surface area contributed by atoms with Crippen LogP contribution in [0.1, 0.15) is 30.0 Å². The summed E-state index contributed by atoms with van der Waals surface area (Å²) in [5, 5.41) is 3.20. The molecule has 8 heteroatoms. The van der Waals surface area contributed by atoms with Crippen molar-refractivity contribution in [2.24, 2.45) is 0 Å². The van der Waals surface area contributed by atoms with Crippen molar-refractivity contribution in [1.82, 2.24) is 5.32 Å². The lowest BCUT2D eigenvalue weighted by Crippen LogP contribution is -2.50. The summed E-state index contributed by atoms with van der Waals surface area (Å²) in [7, 11) is -3.71. The lowest BCUT2D eigenvalue weighted by molar-refractivity contribution is -0.122. The molecule has 6 nitrogen and oxygen atoms in total. The molecule has 0 saturated heterocycles. The van der Waals surface area contributed by atoms with Crippen LogP contribution in [0.15, 0.2) is 36.4 Å². The topological polar surface area (TPSA) is 75.7 Å². The maximum Gasteiger partial charge on any atom is 0.244 e. The van der Waals surface area contributed by atoms with Crippen molar-refractivity contribution in [2.75, 3.05) is 23.7 Å². The van der Waals surface area contributed by atoms with Crippen LogP contribution in [-0.4, -0.2) is 39.8 Å². The third-order valence-corrected chi connectivity index (χ3v) is 6.14. The van der Waals surface area contributed by atoms with E-state index in [-0.39, 0.29) is 19.1 Å². The van der Waals surface area contributed by atoms with Crippen LogP contribution in [0, 0.1) is 20.8 Å². The van der Waals surface area contributed by atoms with Gasteiger partial charge in [-0.05, 0) is 62.1 Å². The second kappa shape index (κ2) is 10.2. The molecule has 0 aliphatic heterocycles. The highest BCUT2D eigenvalue weighted by molar-refractivity contribution is 7.92. The van der Waals surface area contributed by atoms with Gasteiger partial charge in [0, 0.05) is 5.02 Å². The standard InChI is InChI=1S/C22H29ClN2O4S/c1-6-19(25(30(5,27)28)20-14-18(23)10-9-16(20)3)22(26)24-11-12-29-21-13-15(2)7-8-17(21)4/h7-10,13-14,19H,6,11-12H2,1-5H3,(H,24,26)/t19-/m1/s1. The number of amides is 1. The van der Waals surface area contributed by atoms with Crippen molar-refractivity contribution >= 4 is 33.2 Å². The van der Waals surface area contributed by atoms with Crippen LogP contribution in [-0.2, 0) is 14.8 Å². The number of nitrogens with zero attached hydrogens (tertiary/aromatic N) is 1. The van der Waals surface area contributed by atoms with Crippen LogP contribution in [0.3, 0.4) is 0 Å². The van der Waals surface area contributed by atoms with E-state index >= 15 is 0 Å². The summed E-state index contributed by atoms with van der Waals surface area (Å²) in [5.74, 6) is 0.385. The number of halogens is 1. The molecular weight excluding hydrogens is 424 g/mol.